The highest BCUT2D eigenvalue weighted by Crippen LogP contribution is 2.25. The van der Waals surface area contributed by atoms with Crippen LogP contribution in [0.15, 0.2) is 54.2 Å². The molecular weight excluding hydrogens is 363 g/mol. The van der Waals surface area contributed by atoms with Crippen molar-refractivity contribution < 1.29 is 9.59 Å². The number of primary amides is 1. The Kier molecular flexibility index (Phi) is 6.01. The Labute approximate surface area is 153 Å². The topological polar surface area (TPSA) is 108 Å². The van der Waals surface area contributed by atoms with E-state index in [9.17, 15) is 14.9 Å². The molecular formula is C17H12Cl2N4O2. The molecule has 2 aromatic rings. The molecule has 0 spiro atoms. The van der Waals surface area contributed by atoms with Gasteiger partial charge in [-0.2, -0.15) is 5.26 Å². The molecule has 0 saturated carbocycles. The fourth-order valence-electron chi connectivity index (χ4n) is 1.91. The van der Waals surface area contributed by atoms with Crippen molar-refractivity contribution in [2.45, 2.75) is 0 Å². The van der Waals surface area contributed by atoms with Gasteiger partial charge >= 0.3 is 0 Å². The summed E-state index contributed by atoms with van der Waals surface area (Å²) in [6.07, 6.45) is 1.18. The highest BCUT2D eigenvalue weighted by atomic mass is 35.5. The molecule has 0 saturated heterocycles. The number of hydrogen-bond donors (Lipinski definition) is 3. The van der Waals surface area contributed by atoms with E-state index in [1.165, 1.54) is 24.4 Å². The maximum absolute atomic E-state index is 12.2. The Bertz CT molecular complexity index is 904. The summed E-state index contributed by atoms with van der Waals surface area (Å²) in [7, 11) is 0. The first kappa shape index (κ1) is 18.3. The number of nitrogens with two attached hydrogens (primary N) is 1. The van der Waals surface area contributed by atoms with Gasteiger partial charge < -0.3 is 16.4 Å². The van der Waals surface area contributed by atoms with Crippen LogP contribution in [0.4, 0.5) is 11.4 Å². The first-order valence-corrected chi connectivity index (χ1v) is 7.70. The number of hydrogen-bond acceptors (Lipinski definition) is 4. The van der Waals surface area contributed by atoms with Crippen molar-refractivity contribution in [1.29, 1.82) is 5.26 Å². The van der Waals surface area contributed by atoms with Gasteiger partial charge in [-0.15, -0.1) is 0 Å². The van der Waals surface area contributed by atoms with Crippen LogP contribution in [0.25, 0.3) is 0 Å². The van der Waals surface area contributed by atoms with Crippen LogP contribution in [0.2, 0.25) is 10.0 Å². The number of para-hydroxylation sites is 1. The number of rotatable bonds is 5. The zero-order chi connectivity index (χ0) is 18.4. The molecule has 2 aromatic carbocycles. The third-order valence-electron chi connectivity index (χ3n) is 3.11. The van der Waals surface area contributed by atoms with E-state index < -0.39 is 11.8 Å². The Morgan fingerprint density at radius 1 is 1.12 bits per heavy atom. The largest absolute Gasteiger partial charge is 0.366 e. The standard InChI is InChI=1S/C17H12Cl2N4O2/c18-11-5-6-13(19)15(7-11)23-17(25)10(8-20)9-22-14-4-2-1-3-12(14)16(21)24/h1-7,9,22H,(H2,21,24)(H,23,25)/b10-9-. The van der Waals surface area contributed by atoms with E-state index in [2.05, 4.69) is 10.6 Å². The summed E-state index contributed by atoms with van der Waals surface area (Å²) in [4.78, 5) is 23.6. The summed E-state index contributed by atoms with van der Waals surface area (Å²) in [6.45, 7) is 0. The van der Waals surface area contributed by atoms with Crippen LogP contribution in [-0.4, -0.2) is 11.8 Å². The lowest BCUT2D eigenvalue weighted by Crippen LogP contribution is -2.16. The average molecular weight is 375 g/mol. The van der Waals surface area contributed by atoms with Gasteiger partial charge in [0, 0.05) is 11.2 Å². The molecule has 0 fully saturated rings. The Morgan fingerprint density at radius 2 is 1.84 bits per heavy atom. The summed E-state index contributed by atoms with van der Waals surface area (Å²) in [5.41, 5.74) is 5.93. The minimum Gasteiger partial charge on any atom is -0.366 e. The number of nitriles is 1. The van der Waals surface area contributed by atoms with Crippen molar-refractivity contribution in [3.63, 3.8) is 0 Å². The molecule has 0 aromatic heterocycles. The normalized spacial score (nSPS) is 10.7. The van der Waals surface area contributed by atoms with Crippen LogP contribution < -0.4 is 16.4 Å². The number of nitrogens with zero attached hydrogens (tertiary/aromatic N) is 1. The van der Waals surface area contributed by atoms with E-state index in [1.54, 1.807) is 30.3 Å². The van der Waals surface area contributed by atoms with Gasteiger partial charge in [-0.25, -0.2) is 0 Å². The predicted octanol–water partition coefficient (Wildman–Crippen LogP) is 3.55. The van der Waals surface area contributed by atoms with Crippen molar-refractivity contribution in [3.05, 3.63) is 69.8 Å². The Morgan fingerprint density at radius 3 is 2.52 bits per heavy atom. The minimum absolute atomic E-state index is 0.227. The quantitative estimate of drug-likeness (QED) is 0.549. The van der Waals surface area contributed by atoms with Crippen LogP contribution in [-0.2, 0) is 4.79 Å². The minimum atomic E-state index is -0.685. The maximum atomic E-state index is 12.2. The molecule has 8 heteroatoms. The van der Waals surface area contributed by atoms with Gasteiger partial charge in [0.1, 0.15) is 11.6 Å². The number of halogens is 2. The van der Waals surface area contributed by atoms with E-state index in [0.29, 0.717) is 10.7 Å². The third-order valence-corrected chi connectivity index (χ3v) is 3.67. The molecule has 0 bridgehead atoms. The SMILES string of the molecule is N#C/C(=C/Nc1ccccc1C(N)=O)C(=O)Nc1cc(Cl)ccc1Cl. The number of amides is 2. The molecule has 2 amide bonds. The molecule has 0 radical (unpaired) electrons. The van der Waals surface area contributed by atoms with Crippen LogP contribution in [0.3, 0.4) is 0 Å². The molecule has 2 rings (SSSR count). The lowest BCUT2D eigenvalue weighted by molar-refractivity contribution is -0.112. The molecule has 4 N–H and O–H groups in total. The predicted molar refractivity (Wildman–Crippen MR) is 97.4 cm³/mol. The van der Waals surface area contributed by atoms with Gasteiger partial charge in [-0.05, 0) is 30.3 Å². The Hall–Kier alpha value is -3.01. The monoisotopic (exact) mass is 374 g/mol. The van der Waals surface area contributed by atoms with Gasteiger partial charge in [0.25, 0.3) is 11.8 Å². The first-order chi connectivity index (χ1) is 11.9. The van der Waals surface area contributed by atoms with Crippen molar-refractivity contribution in [3.8, 4) is 6.07 Å². The second-order valence-electron chi connectivity index (χ2n) is 4.80. The fraction of sp³-hybridized carbons (Fsp3) is 0. The number of nitrogens with one attached hydrogen (secondary N) is 2. The number of carbonyl (C=O) groups excluding carboxylic acids is 2. The van der Waals surface area contributed by atoms with Crippen molar-refractivity contribution in [1.82, 2.24) is 0 Å². The summed E-state index contributed by atoms with van der Waals surface area (Å²) in [6, 6.07) is 12.8. The second kappa shape index (κ2) is 8.20. The number of anilines is 2. The van der Waals surface area contributed by atoms with E-state index in [-0.39, 0.29) is 21.8 Å². The molecule has 0 aliphatic carbocycles. The molecule has 0 atom stereocenters. The van der Waals surface area contributed by atoms with Gasteiger partial charge in [0.15, 0.2) is 0 Å². The van der Waals surface area contributed by atoms with Crippen LogP contribution >= 0.6 is 23.2 Å². The van der Waals surface area contributed by atoms with Crippen LogP contribution in [0.1, 0.15) is 10.4 Å². The molecule has 0 heterocycles. The van der Waals surface area contributed by atoms with E-state index in [1.807, 2.05) is 0 Å². The number of carbonyl (C=O) groups is 2. The number of benzene rings is 2. The third kappa shape index (κ3) is 4.73. The maximum Gasteiger partial charge on any atom is 0.267 e. The summed E-state index contributed by atoms with van der Waals surface area (Å²) < 4.78 is 0. The first-order valence-electron chi connectivity index (χ1n) is 6.94. The van der Waals surface area contributed by atoms with Crippen LogP contribution in [0, 0.1) is 11.3 Å². The van der Waals surface area contributed by atoms with Crippen molar-refractivity contribution in [2.75, 3.05) is 10.6 Å². The Balaban J connectivity index is 2.20. The van der Waals surface area contributed by atoms with E-state index in [4.69, 9.17) is 28.9 Å². The van der Waals surface area contributed by atoms with Gasteiger partial charge in [-0.1, -0.05) is 35.3 Å². The smallest absolute Gasteiger partial charge is 0.267 e. The zero-order valence-electron chi connectivity index (χ0n) is 12.7. The van der Waals surface area contributed by atoms with Crippen molar-refractivity contribution >= 4 is 46.4 Å². The van der Waals surface area contributed by atoms with Gasteiger partial charge in [-0.3, -0.25) is 9.59 Å². The average Bonchev–Trinajstić information content (AvgIpc) is 2.59. The highest BCUT2D eigenvalue weighted by Gasteiger charge is 2.13. The molecule has 126 valence electrons. The summed E-state index contributed by atoms with van der Waals surface area (Å²) >= 11 is 11.8. The van der Waals surface area contributed by atoms with Gasteiger partial charge in [0.2, 0.25) is 0 Å². The second-order valence-corrected chi connectivity index (χ2v) is 5.65. The fourth-order valence-corrected chi connectivity index (χ4v) is 2.24. The van der Waals surface area contributed by atoms with E-state index in [0.717, 1.165) is 0 Å². The van der Waals surface area contributed by atoms with E-state index >= 15 is 0 Å². The molecule has 25 heavy (non-hydrogen) atoms. The lowest BCUT2D eigenvalue weighted by Gasteiger charge is -2.08. The van der Waals surface area contributed by atoms with Gasteiger partial charge in [0.05, 0.1) is 22.0 Å². The molecule has 0 aliphatic heterocycles. The molecule has 6 nitrogen and oxygen atoms in total. The zero-order valence-corrected chi connectivity index (χ0v) is 14.2. The summed E-state index contributed by atoms with van der Waals surface area (Å²) in [5.74, 6) is -1.32. The lowest BCUT2D eigenvalue weighted by atomic mass is 10.1. The van der Waals surface area contributed by atoms with Crippen molar-refractivity contribution in [2.24, 2.45) is 5.73 Å². The highest BCUT2D eigenvalue weighted by molar-refractivity contribution is 6.36. The summed E-state index contributed by atoms with van der Waals surface area (Å²) in [5, 5.41) is 15.1. The molecule has 0 unspecified atom stereocenters. The molecule has 0 aliphatic rings. The van der Waals surface area contributed by atoms with Crippen LogP contribution in [0.5, 0.6) is 0 Å².